The first-order chi connectivity index (χ1) is 9.65. The normalized spacial score (nSPS) is 11.2. The Morgan fingerprint density at radius 2 is 1.48 bits per heavy atom. The lowest BCUT2D eigenvalue weighted by Gasteiger charge is -2.17. The monoisotopic (exact) mass is 312 g/mol. The van der Waals surface area contributed by atoms with Crippen molar-refractivity contribution >= 4 is 28.8 Å². The van der Waals surface area contributed by atoms with Gasteiger partial charge in [-0.25, -0.2) is 9.59 Å². The van der Waals surface area contributed by atoms with Crippen LogP contribution in [0.3, 0.4) is 0 Å². The van der Waals surface area contributed by atoms with E-state index in [0.717, 1.165) is 11.8 Å². The summed E-state index contributed by atoms with van der Waals surface area (Å²) in [5.41, 5.74) is 0.858. The Morgan fingerprint density at radius 3 is 1.90 bits per heavy atom. The molecule has 0 rings (SSSR count). The van der Waals surface area contributed by atoms with Crippen LogP contribution in [0.15, 0.2) is 36.5 Å². The van der Waals surface area contributed by atoms with Crippen LogP contribution in [0.5, 0.6) is 0 Å². The van der Waals surface area contributed by atoms with Crippen molar-refractivity contribution in [1.82, 2.24) is 0 Å². The van der Waals surface area contributed by atoms with E-state index >= 15 is 0 Å². The minimum atomic E-state index is -0.745. The van der Waals surface area contributed by atoms with E-state index in [2.05, 4.69) is 19.7 Å². The molecular formula is C15H20O5S. The molecule has 0 saturated heterocycles. The Hall–Kier alpha value is -1.82. The zero-order chi connectivity index (χ0) is 16.6. The van der Waals surface area contributed by atoms with Gasteiger partial charge in [0.05, 0.1) is 0 Å². The molecule has 1 unspecified atom stereocenters. The fourth-order valence-corrected chi connectivity index (χ4v) is 1.70. The molecule has 0 aromatic carbocycles. The van der Waals surface area contributed by atoms with E-state index in [1.165, 1.54) is 13.8 Å². The second kappa shape index (κ2) is 9.18. The summed E-state index contributed by atoms with van der Waals surface area (Å²) in [6.07, 6.45) is -0.745. The molecule has 6 heteroatoms. The molecule has 0 fully saturated rings. The first-order valence-corrected chi connectivity index (χ1v) is 7.15. The van der Waals surface area contributed by atoms with Gasteiger partial charge in [0.15, 0.2) is 0 Å². The molecule has 0 aromatic heterocycles. The van der Waals surface area contributed by atoms with Crippen molar-refractivity contribution in [1.29, 1.82) is 0 Å². The molecule has 21 heavy (non-hydrogen) atoms. The summed E-state index contributed by atoms with van der Waals surface area (Å²) in [6, 6.07) is 0. The van der Waals surface area contributed by atoms with Crippen molar-refractivity contribution in [2.75, 3.05) is 12.4 Å². The van der Waals surface area contributed by atoms with Crippen molar-refractivity contribution in [2.45, 2.75) is 26.9 Å². The maximum Gasteiger partial charge on any atom is 0.333 e. The maximum atomic E-state index is 11.5. The molecule has 0 aromatic rings. The smallest absolute Gasteiger partial charge is 0.333 e. The molecule has 0 aliphatic carbocycles. The number of rotatable bonds is 8. The molecule has 0 amide bonds. The Bertz CT molecular complexity index is 448. The first-order valence-electron chi connectivity index (χ1n) is 6.16. The molecular weight excluding hydrogens is 292 g/mol. The van der Waals surface area contributed by atoms with Crippen LogP contribution in [-0.4, -0.2) is 35.5 Å². The molecule has 0 N–H and O–H groups in total. The average molecular weight is 312 g/mol. The topological polar surface area (TPSA) is 69.7 Å². The number of esters is 2. The number of hydrogen-bond acceptors (Lipinski definition) is 6. The number of thioether (sulfide) groups is 1. The molecule has 0 aliphatic rings. The predicted octanol–water partition coefficient (Wildman–Crippen LogP) is 2.43. The van der Waals surface area contributed by atoms with Gasteiger partial charge < -0.3 is 9.47 Å². The van der Waals surface area contributed by atoms with Gasteiger partial charge in [-0.2, -0.15) is 0 Å². The third-order valence-electron chi connectivity index (χ3n) is 2.12. The Labute approximate surface area is 129 Å². The van der Waals surface area contributed by atoms with Gasteiger partial charge in [-0.05, 0) is 26.3 Å². The molecule has 5 nitrogen and oxygen atoms in total. The van der Waals surface area contributed by atoms with Gasteiger partial charge in [0, 0.05) is 16.9 Å². The van der Waals surface area contributed by atoms with Gasteiger partial charge in [-0.15, -0.1) is 0 Å². The zero-order valence-electron chi connectivity index (χ0n) is 12.6. The minimum absolute atomic E-state index is 0.152. The number of carbonyl (C=O) groups excluding carboxylic acids is 3. The molecule has 0 saturated carbocycles. The molecule has 0 radical (unpaired) electrons. The Balaban J connectivity index is 4.61. The summed E-state index contributed by atoms with van der Waals surface area (Å²) in [5.74, 6) is -1.02. The Morgan fingerprint density at radius 1 is 0.952 bits per heavy atom. The van der Waals surface area contributed by atoms with Gasteiger partial charge in [-0.1, -0.05) is 31.5 Å². The van der Waals surface area contributed by atoms with Crippen LogP contribution in [0.4, 0.5) is 0 Å². The molecule has 0 bridgehead atoms. The quantitative estimate of drug-likeness (QED) is 0.506. The standard InChI is InChI=1S/C15H20O5S/c1-9(2)13(16)19-7-12(20-14(17)10(3)4)8-21-15(18)11(5)6/h12H,1,3,5,7-8H2,2,4,6H3. The van der Waals surface area contributed by atoms with Crippen LogP contribution in [0, 0.1) is 0 Å². The highest BCUT2D eigenvalue weighted by Crippen LogP contribution is 2.13. The summed E-state index contributed by atoms with van der Waals surface area (Å²) >= 11 is 0.947. The van der Waals surface area contributed by atoms with Crippen molar-refractivity contribution in [3.63, 3.8) is 0 Å². The number of ether oxygens (including phenoxy) is 2. The molecule has 116 valence electrons. The van der Waals surface area contributed by atoms with E-state index in [1.54, 1.807) is 6.92 Å². The van der Waals surface area contributed by atoms with Crippen LogP contribution < -0.4 is 0 Å². The predicted molar refractivity (Wildman–Crippen MR) is 82.7 cm³/mol. The second-order valence-electron chi connectivity index (χ2n) is 4.57. The van der Waals surface area contributed by atoms with E-state index in [9.17, 15) is 14.4 Å². The zero-order valence-corrected chi connectivity index (χ0v) is 13.4. The van der Waals surface area contributed by atoms with E-state index in [-0.39, 0.29) is 28.6 Å². The van der Waals surface area contributed by atoms with E-state index < -0.39 is 18.0 Å². The van der Waals surface area contributed by atoms with Gasteiger partial charge in [0.2, 0.25) is 5.12 Å². The van der Waals surface area contributed by atoms with Crippen LogP contribution in [0.25, 0.3) is 0 Å². The highest BCUT2D eigenvalue weighted by atomic mass is 32.2. The van der Waals surface area contributed by atoms with E-state index in [4.69, 9.17) is 9.47 Å². The molecule has 0 aliphatic heterocycles. The first kappa shape index (κ1) is 19.2. The fourth-order valence-electron chi connectivity index (χ4n) is 0.952. The van der Waals surface area contributed by atoms with Crippen molar-refractivity contribution in [3.05, 3.63) is 36.5 Å². The number of hydrogen-bond donors (Lipinski definition) is 0. The molecule has 0 spiro atoms. The van der Waals surface area contributed by atoms with Crippen molar-refractivity contribution < 1.29 is 23.9 Å². The van der Waals surface area contributed by atoms with E-state index in [1.807, 2.05) is 0 Å². The highest BCUT2D eigenvalue weighted by Gasteiger charge is 2.19. The third kappa shape index (κ3) is 8.14. The van der Waals surface area contributed by atoms with E-state index in [0.29, 0.717) is 5.57 Å². The summed E-state index contributed by atoms with van der Waals surface area (Å²) in [7, 11) is 0. The Kier molecular flexibility index (Phi) is 8.38. The summed E-state index contributed by atoms with van der Waals surface area (Å²) in [4.78, 5) is 34.4. The maximum absolute atomic E-state index is 11.5. The SMILES string of the molecule is C=C(C)C(=O)OCC(CSC(=O)C(=C)C)OC(=O)C(=C)C. The molecule has 1 atom stereocenters. The van der Waals surface area contributed by atoms with Crippen LogP contribution in [-0.2, 0) is 23.9 Å². The van der Waals surface area contributed by atoms with Gasteiger partial charge in [0.1, 0.15) is 12.7 Å². The lowest BCUT2D eigenvalue weighted by molar-refractivity contribution is -0.152. The fraction of sp³-hybridized carbons (Fsp3) is 0.400. The van der Waals surface area contributed by atoms with Crippen molar-refractivity contribution in [2.24, 2.45) is 0 Å². The highest BCUT2D eigenvalue weighted by molar-refractivity contribution is 8.14. The number of carbonyl (C=O) groups is 3. The van der Waals surface area contributed by atoms with Crippen LogP contribution in [0.2, 0.25) is 0 Å². The third-order valence-corrected chi connectivity index (χ3v) is 3.27. The second-order valence-corrected chi connectivity index (χ2v) is 5.56. The molecule has 0 heterocycles. The van der Waals surface area contributed by atoms with Gasteiger partial charge >= 0.3 is 11.9 Å². The minimum Gasteiger partial charge on any atom is -0.458 e. The lowest BCUT2D eigenvalue weighted by Crippen LogP contribution is -2.28. The van der Waals surface area contributed by atoms with Crippen molar-refractivity contribution in [3.8, 4) is 0 Å². The lowest BCUT2D eigenvalue weighted by atomic mass is 10.3. The summed E-state index contributed by atoms with van der Waals surface area (Å²) in [5, 5.41) is -0.211. The largest absolute Gasteiger partial charge is 0.458 e. The average Bonchev–Trinajstić information content (AvgIpc) is 2.40. The summed E-state index contributed by atoms with van der Waals surface area (Å²) in [6.45, 7) is 14.9. The van der Waals surface area contributed by atoms with Gasteiger partial charge in [0.25, 0.3) is 0 Å². The summed E-state index contributed by atoms with van der Waals surface area (Å²) < 4.78 is 10.1. The van der Waals surface area contributed by atoms with Crippen LogP contribution in [0.1, 0.15) is 20.8 Å². The van der Waals surface area contributed by atoms with Crippen LogP contribution >= 0.6 is 11.8 Å². The van der Waals surface area contributed by atoms with Gasteiger partial charge in [-0.3, -0.25) is 4.79 Å².